The smallest absolute Gasteiger partial charge is 0.246 e. The van der Waals surface area contributed by atoms with Crippen LogP contribution in [0.25, 0.3) is 0 Å². The Bertz CT molecular complexity index is 803. The van der Waals surface area contributed by atoms with Crippen LogP contribution in [0, 0.1) is 11.8 Å². The van der Waals surface area contributed by atoms with Gasteiger partial charge in [0.05, 0.1) is 12.3 Å². The first-order valence-electron chi connectivity index (χ1n) is 12.5. The summed E-state index contributed by atoms with van der Waals surface area (Å²) in [5, 5.41) is 7.40. The summed E-state index contributed by atoms with van der Waals surface area (Å²) in [6.45, 7) is 14.4. The van der Waals surface area contributed by atoms with Gasteiger partial charge in [-0.25, -0.2) is 0 Å². The highest BCUT2D eigenvalue weighted by Crippen LogP contribution is 2.30. The van der Waals surface area contributed by atoms with E-state index in [1.807, 2.05) is 19.1 Å². The molecule has 6 nitrogen and oxygen atoms in total. The highest BCUT2D eigenvalue weighted by molar-refractivity contribution is 6.31. The summed E-state index contributed by atoms with van der Waals surface area (Å²) in [5.41, 5.74) is 15.4. The minimum Gasteiger partial charge on any atom is -0.352 e. The van der Waals surface area contributed by atoms with Crippen molar-refractivity contribution in [2.75, 3.05) is 26.2 Å². The van der Waals surface area contributed by atoms with Gasteiger partial charge in [-0.2, -0.15) is 0 Å². The summed E-state index contributed by atoms with van der Waals surface area (Å²) in [6, 6.07) is 0. The molecule has 0 spiro atoms. The van der Waals surface area contributed by atoms with Crippen LogP contribution < -0.4 is 22.1 Å². The lowest BCUT2D eigenvalue weighted by Gasteiger charge is -2.39. The molecule has 1 heterocycles. The maximum atomic E-state index is 12.4. The van der Waals surface area contributed by atoms with E-state index in [-0.39, 0.29) is 18.0 Å². The number of allylic oxidation sites excluding steroid dienone is 4. The Balaban J connectivity index is 2.40. The second kappa shape index (κ2) is 14.6. The number of likely N-dealkylation sites (tertiary alicyclic amines) is 1. The number of hydrogen-bond acceptors (Lipinski definition) is 5. The molecule has 1 aliphatic carbocycles. The van der Waals surface area contributed by atoms with Crippen LogP contribution >= 0.6 is 11.6 Å². The van der Waals surface area contributed by atoms with Crippen LogP contribution in [0.5, 0.6) is 0 Å². The third-order valence-corrected chi connectivity index (χ3v) is 7.20. The van der Waals surface area contributed by atoms with E-state index in [0.717, 1.165) is 44.3 Å². The van der Waals surface area contributed by atoms with Gasteiger partial charge in [-0.05, 0) is 70.1 Å². The summed E-state index contributed by atoms with van der Waals surface area (Å²) in [5.74, 6) is 0.420. The average molecular weight is 490 g/mol. The Hall–Kier alpha value is -1.70. The molecule has 1 saturated heterocycles. The lowest BCUT2D eigenvalue weighted by atomic mass is 9.90. The van der Waals surface area contributed by atoms with E-state index < -0.39 is 6.17 Å². The Morgan fingerprint density at radius 2 is 2.15 bits per heavy atom. The molecule has 2 aliphatic rings. The van der Waals surface area contributed by atoms with Gasteiger partial charge in [0, 0.05) is 36.2 Å². The van der Waals surface area contributed by atoms with Crippen molar-refractivity contribution in [1.82, 2.24) is 15.5 Å². The molecule has 1 amide bonds. The Kier molecular flexibility index (Phi) is 12.3. The number of halogens is 1. The summed E-state index contributed by atoms with van der Waals surface area (Å²) in [4.78, 5) is 14.9. The van der Waals surface area contributed by atoms with Crippen LogP contribution in [0.2, 0.25) is 0 Å². The monoisotopic (exact) mass is 489 g/mol. The minimum atomic E-state index is -0.459. The molecular formula is C27H44ClN5O. The number of nitrogens with one attached hydrogen (secondary N) is 2. The summed E-state index contributed by atoms with van der Waals surface area (Å²) in [6.07, 6.45) is 14.0. The molecule has 0 aromatic heterocycles. The molecule has 0 radical (unpaired) electrons. The standard InChI is InChI=1S/C27H44ClN5O/c1-5-21(15-23(28)6-2)25(30)32-26(33-14-13-20(16-29)18-33)24(17-31-27(34)19(3)4)22-11-9-7-8-10-12-22/h5-6,11,15,20,24-26,32H,1,3,7-10,12-14,16-18,29-30H2,2,4H3,(H,31,34)/b21-15+,23-6-. The molecule has 0 saturated carbocycles. The molecule has 190 valence electrons. The summed E-state index contributed by atoms with van der Waals surface area (Å²) < 4.78 is 0. The second-order valence-electron chi connectivity index (χ2n) is 9.47. The van der Waals surface area contributed by atoms with E-state index in [0.29, 0.717) is 29.6 Å². The van der Waals surface area contributed by atoms with Gasteiger partial charge in [-0.1, -0.05) is 55.0 Å². The molecule has 1 aliphatic heterocycles. The zero-order chi connectivity index (χ0) is 25.1. The number of nitrogens with two attached hydrogens (primary N) is 2. The SMILES string of the molecule is C=C/C(=C\C(Cl)=C\C)C(N)NC(C(CNC(=O)C(=C)C)C1=CCCCCC1)N1CCC(CN)C1. The predicted octanol–water partition coefficient (Wildman–Crippen LogP) is 3.92. The van der Waals surface area contributed by atoms with E-state index in [1.54, 1.807) is 13.0 Å². The fourth-order valence-corrected chi connectivity index (χ4v) is 4.88. The van der Waals surface area contributed by atoms with Crippen molar-refractivity contribution < 1.29 is 4.79 Å². The van der Waals surface area contributed by atoms with Gasteiger partial charge in [0.2, 0.25) is 5.91 Å². The first-order valence-corrected chi connectivity index (χ1v) is 12.9. The highest BCUT2D eigenvalue weighted by Gasteiger charge is 2.35. The maximum absolute atomic E-state index is 12.4. The fraction of sp³-hybridized carbons (Fsp3) is 0.593. The Labute approximate surface area is 211 Å². The fourth-order valence-electron chi connectivity index (χ4n) is 4.76. The van der Waals surface area contributed by atoms with Crippen LogP contribution in [0.1, 0.15) is 52.4 Å². The topological polar surface area (TPSA) is 96.4 Å². The van der Waals surface area contributed by atoms with Crippen molar-refractivity contribution in [3.8, 4) is 0 Å². The molecule has 4 unspecified atom stereocenters. The Morgan fingerprint density at radius 1 is 1.38 bits per heavy atom. The number of carbonyl (C=O) groups excluding carboxylic acids is 1. The molecule has 0 aromatic carbocycles. The first kappa shape index (κ1) is 28.5. The van der Waals surface area contributed by atoms with Crippen LogP contribution in [0.3, 0.4) is 0 Å². The van der Waals surface area contributed by atoms with E-state index >= 15 is 0 Å². The second-order valence-corrected chi connectivity index (χ2v) is 9.91. The average Bonchev–Trinajstić information content (AvgIpc) is 3.15. The van der Waals surface area contributed by atoms with Gasteiger partial charge in [0.1, 0.15) is 0 Å². The minimum absolute atomic E-state index is 0.0611. The van der Waals surface area contributed by atoms with Crippen molar-refractivity contribution in [2.45, 2.75) is 64.7 Å². The Morgan fingerprint density at radius 3 is 2.76 bits per heavy atom. The number of carbonyl (C=O) groups is 1. The third-order valence-electron chi connectivity index (χ3n) is 6.87. The van der Waals surface area contributed by atoms with Crippen molar-refractivity contribution >= 4 is 17.5 Å². The predicted molar refractivity (Wildman–Crippen MR) is 144 cm³/mol. The number of amides is 1. The molecule has 7 heteroatoms. The summed E-state index contributed by atoms with van der Waals surface area (Å²) >= 11 is 6.27. The molecule has 4 atom stereocenters. The number of rotatable bonds is 12. The van der Waals surface area contributed by atoms with Gasteiger partial charge < -0.3 is 16.8 Å². The quantitative estimate of drug-likeness (QED) is 0.144. The van der Waals surface area contributed by atoms with Crippen molar-refractivity contribution in [2.24, 2.45) is 23.3 Å². The van der Waals surface area contributed by atoms with Gasteiger partial charge >= 0.3 is 0 Å². The van der Waals surface area contributed by atoms with E-state index in [4.69, 9.17) is 23.1 Å². The van der Waals surface area contributed by atoms with E-state index in [9.17, 15) is 4.79 Å². The van der Waals surface area contributed by atoms with Crippen LogP contribution in [-0.2, 0) is 4.79 Å². The molecule has 6 N–H and O–H groups in total. The molecule has 1 fully saturated rings. The van der Waals surface area contributed by atoms with Gasteiger partial charge in [0.25, 0.3) is 0 Å². The largest absolute Gasteiger partial charge is 0.352 e. The molecule has 34 heavy (non-hydrogen) atoms. The lowest BCUT2D eigenvalue weighted by Crippen LogP contribution is -2.58. The van der Waals surface area contributed by atoms with Crippen LogP contribution in [0.4, 0.5) is 0 Å². The zero-order valence-corrected chi connectivity index (χ0v) is 21.7. The number of nitrogens with zero attached hydrogens (tertiary/aromatic N) is 1. The van der Waals surface area contributed by atoms with E-state index in [2.05, 4.69) is 34.8 Å². The maximum Gasteiger partial charge on any atom is 0.246 e. The van der Waals surface area contributed by atoms with E-state index in [1.165, 1.54) is 18.4 Å². The van der Waals surface area contributed by atoms with Gasteiger partial charge in [0.15, 0.2) is 0 Å². The lowest BCUT2D eigenvalue weighted by molar-refractivity contribution is -0.117. The van der Waals surface area contributed by atoms with Gasteiger partial charge in [-0.3, -0.25) is 15.0 Å². The molecule has 0 aromatic rings. The van der Waals surface area contributed by atoms with Crippen molar-refractivity contribution in [3.63, 3.8) is 0 Å². The summed E-state index contributed by atoms with van der Waals surface area (Å²) in [7, 11) is 0. The number of hydrogen-bond donors (Lipinski definition) is 4. The van der Waals surface area contributed by atoms with Crippen LogP contribution in [0.15, 0.2) is 59.2 Å². The van der Waals surface area contributed by atoms with Crippen LogP contribution in [-0.4, -0.2) is 49.3 Å². The molecule has 2 rings (SSSR count). The molecular weight excluding hydrogens is 446 g/mol. The molecule has 0 bridgehead atoms. The van der Waals surface area contributed by atoms with Crippen molar-refractivity contribution in [3.05, 3.63) is 59.2 Å². The zero-order valence-electron chi connectivity index (χ0n) is 21.0. The van der Waals surface area contributed by atoms with Gasteiger partial charge in [-0.15, -0.1) is 0 Å². The third kappa shape index (κ3) is 8.51. The van der Waals surface area contributed by atoms with Crippen molar-refractivity contribution in [1.29, 1.82) is 0 Å². The highest BCUT2D eigenvalue weighted by atomic mass is 35.5. The first-order chi connectivity index (χ1) is 16.3. The normalized spacial score (nSPS) is 23.0.